The molecule has 0 bridgehead atoms. The Kier molecular flexibility index (Phi) is 10.6. The van der Waals surface area contributed by atoms with E-state index in [1.807, 2.05) is 19.2 Å². The Labute approximate surface area is 252 Å². The maximum atomic E-state index is 13.7. The van der Waals surface area contributed by atoms with Crippen LogP contribution in [0, 0.1) is 0 Å². The van der Waals surface area contributed by atoms with Crippen LogP contribution >= 0.6 is 0 Å². The summed E-state index contributed by atoms with van der Waals surface area (Å²) in [5, 5.41) is 0.601. The van der Waals surface area contributed by atoms with Crippen molar-refractivity contribution in [3.05, 3.63) is 94.7 Å². The van der Waals surface area contributed by atoms with E-state index in [1.165, 1.54) is 7.11 Å². The van der Waals surface area contributed by atoms with Gasteiger partial charge in [-0.05, 0) is 80.1 Å². The highest BCUT2D eigenvalue weighted by Gasteiger charge is 2.23. The number of nitrogens with one attached hydrogen (secondary N) is 1. The van der Waals surface area contributed by atoms with Crippen molar-refractivity contribution in [1.29, 1.82) is 0 Å². The van der Waals surface area contributed by atoms with E-state index in [1.54, 1.807) is 54.6 Å². The summed E-state index contributed by atoms with van der Waals surface area (Å²) >= 11 is 0. The first-order chi connectivity index (χ1) is 20.6. The van der Waals surface area contributed by atoms with Crippen LogP contribution in [0.15, 0.2) is 71.1 Å². The van der Waals surface area contributed by atoms with E-state index in [0.29, 0.717) is 64.4 Å². The summed E-state index contributed by atoms with van der Waals surface area (Å²) in [5.41, 5.74) is 3.56. The highest BCUT2D eigenvalue weighted by molar-refractivity contribution is 7.92. The number of hydrogen-bond acceptors (Lipinski definition) is 8. The maximum absolute atomic E-state index is 13.7. The fraction of sp³-hybridized carbons (Fsp3) is 0.333. The van der Waals surface area contributed by atoms with E-state index in [4.69, 9.17) is 13.9 Å². The van der Waals surface area contributed by atoms with Crippen LogP contribution in [0.5, 0.6) is 5.75 Å². The minimum atomic E-state index is -3.29. The van der Waals surface area contributed by atoms with E-state index in [2.05, 4.69) is 16.5 Å². The van der Waals surface area contributed by atoms with Gasteiger partial charge in [0.1, 0.15) is 23.7 Å². The standard InChI is InChI=1S/C33H38N2O7S/c1-5-6-7-30-31(28-22-25(33(37)40-3)12-17-29(28)42-30)32(36)24-10-15-27(16-11-24)41-21-20-35(2)19-18-23-8-13-26(14-9-23)34-43(4,38)39/h8-17,22,34H,5-7,18-21H2,1-4H3. The molecule has 0 saturated heterocycles. The van der Waals surface area contributed by atoms with Crippen LogP contribution in [-0.4, -0.2) is 65.2 Å². The van der Waals surface area contributed by atoms with Gasteiger partial charge in [-0.1, -0.05) is 25.5 Å². The van der Waals surface area contributed by atoms with Crippen LogP contribution in [0.2, 0.25) is 0 Å². The average molecular weight is 607 g/mol. The summed E-state index contributed by atoms with van der Waals surface area (Å²) in [6.45, 7) is 4.08. The SMILES string of the molecule is CCCCc1oc2ccc(C(=O)OC)cc2c1C(=O)c1ccc(OCCN(C)CCc2ccc(NS(C)(=O)=O)cc2)cc1. The number of methoxy groups -OCH3 is 1. The molecule has 3 aromatic carbocycles. The van der Waals surface area contributed by atoms with Crippen LogP contribution in [0.1, 0.15) is 57.4 Å². The summed E-state index contributed by atoms with van der Waals surface area (Å²) in [4.78, 5) is 28.0. The lowest BCUT2D eigenvalue weighted by atomic mass is 9.97. The largest absolute Gasteiger partial charge is 0.492 e. The number of unbranched alkanes of at least 4 members (excludes halogenated alkanes) is 1. The van der Waals surface area contributed by atoms with Crippen molar-refractivity contribution < 1.29 is 31.9 Å². The molecular weight excluding hydrogens is 568 g/mol. The lowest BCUT2D eigenvalue weighted by Gasteiger charge is -2.17. The molecule has 0 spiro atoms. The number of carbonyl (C=O) groups excluding carboxylic acids is 2. The molecule has 0 atom stereocenters. The monoisotopic (exact) mass is 606 g/mol. The lowest BCUT2D eigenvalue weighted by Crippen LogP contribution is -2.26. The number of aryl methyl sites for hydroxylation is 1. The molecule has 43 heavy (non-hydrogen) atoms. The number of furan rings is 1. The molecule has 1 aromatic heterocycles. The molecule has 9 nitrogen and oxygen atoms in total. The number of ether oxygens (including phenoxy) is 2. The zero-order valence-electron chi connectivity index (χ0n) is 25.0. The summed E-state index contributed by atoms with van der Waals surface area (Å²) in [6.07, 6.45) is 4.40. The number of ketones is 1. The minimum Gasteiger partial charge on any atom is -0.492 e. The first-order valence-electron chi connectivity index (χ1n) is 14.2. The zero-order valence-corrected chi connectivity index (χ0v) is 25.8. The highest BCUT2D eigenvalue weighted by Crippen LogP contribution is 2.31. The van der Waals surface area contributed by atoms with E-state index < -0.39 is 16.0 Å². The second-order valence-corrected chi connectivity index (χ2v) is 12.3. The van der Waals surface area contributed by atoms with Crippen LogP contribution < -0.4 is 9.46 Å². The van der Waals surface area contributed by atoms with Gasteiger partial charge in [-0.15, -0.1) is 0 Å². The van der Waals surface area contributed by atoms with Crippen molar-refractivity contribution in [3.8, 4) is 5.75 Å². The number of esters is 1. The molecule has 0 radical (unpaired) electrons. The summed E-state index contributed by atoms with van der Waals surface area (Å²) in [7, 11) is 0.0506. The third kappa shape index (κ3) is 8.68. The van der Waals surface area contributed by atoms with Crippen molar-refractivity contribution >= 4 is 38.4 Å². The number of fused-ring (bicyclic) bond motifs is 1. The molecule has 0 amide bonds. The molecule has 1 N–H and O–H groups in total. The molecule has 0 aliphatic heterocycles. The molecule has 0 aliphatic rings. The first-order valence-corrected chi connectivity index (χ1v) is 16.1. The second kappa shape index (κ2) is 14.3. The smallest absolute Gasteiger partial charge is 0.337 e. The number of sulfonamides is 1. The average Bonchev–Trinajstić information content (AvgIpc) is 3.36. The molecule has 0 aliphatic carbocycles. The number of benzene rings is 3. The predicted octanol–water partition coefficient (Wildman–Crippen LogP) is 5.72. The molecule has 10 heteroatoms. The number of carbonyl (C=O) groups is 2. The highest BCUT2D eigenvalue weighted by atomic mass is 32.2. The van der Waals surface area contributed by atoms with Crippen molar-refractivity contribution in [2.24, 2.45) is 0 Å². The third-order valence-electron chi connectivity index (χ3n) is 7.06. The van der Waals surface area contributed by atoms with Gasteiger partial charge in [-0.25, -0.2) is 13.2 Å². The van der Waals surface area contributed by atoms with Gasteiger partial charge < -0.3 is 18.8 Å². The summed E-state index contributed by atoms with van der Waals surface area (Å²) in [5.74, 6) is 0.643. The summed E-state index contributed by atoms with van der Waals surface area (Å²) in [6, 6.07) is 19.4. The van der Waals surface area contributed by atoms with E-state index in [9.17, 15) is 18.0 Å². The quantitative estimate of drug-likeness (QED) is 0.135. The van der Waals surface area contributed by atoms with Gasteiger partial charge >= 0.3 is 5.97 Å². The van der Waals surface area contributed by atoms with Gasteiger partial charge in [-0.2, -0.15) is 0 Å². The van der Waals surface area contributed by atoms with Crippen LogP contribution in [0.25, 0.3) is 11.0 Å². The Balaban J connectivity index is 1.35. The van der Waals surface area contributed by atoms with E-state index in [0.717, 1.165) is 37.6 Å². The molecular formula is C33H38N2O7S. The summed E-state index contributed by atoms with van der Waals surface area (Å²) < 4.78 is 42.0. The Morgan fingerprint density at radius 3 is 2.28 bits per heavy atom. The Hall–Kier alpha value is -4.15. The molecule has 228 valence electrons. The van der Waals surface area contributed by atoms with Crippen molar-refractivity contribution in [2.45, 2.75) is 32.6 Å². The van der Waals surface area contributed by atoms with Gasteiger partial charge in [0.05, 0.1) is 24.5 Å². The molecule has 1 heterocycles. The second-order valence-electron chi connectivity index (χ2n) is 10.5. The number of rotatable bonds is 15. The molecule has 0 fully saturated rings. The number of hydrogen-bond donors (Lipinski definition) is 1. The Morgan fingerprint density at radius 2 is 1.63 bits per heavy atom. The minimum absolute atomic E-state index is 0.168. The first kappa shape index (κ1) is 31.8. The number of anilines is 1. The van der Waals surface area contributed by atoms with Gasteiger partial charge in [-0.3, -0.25) is 9.52 Å². The fourth-order valence-electron chi connectivity index (χ4n) is 4.71. The zero-order chi connectivity index (χ0) is 31.0. The number of nitrogens with zero attached hydrogens (tertiary/aromatic N) is 1. The van der Waals surface area contributed by atoms with E-state index in [-0.39, 0.29) is 5.78 Å². The third-order valence-corrected chi connectivity index (χ3v) is 7.67. The van der Waals surface area contributed by atoms with Gasteiger partial charge in [0.15, 0.2) is 5.78 Å². The molecule has 4 rings (SSSR count). The van der Waals surface area contributed by atoms with Crippen molar-refractivity contribution in [2.75, 3.05) is 44.8 Å². The van der Waals surface area contributed by atoms with Crippen LogP contribution in [-0.2, 0) is 27.6 Å². The molecule has 4 aromatic rings. The maximum Gasteiger partial charge on any atom is 0.337 e. The Morgan fingerprint density at radius 1 is 0.930 bits per heavy atom. The van der Waals surface area contributed by atoms with Crippen LogP contribution in [0.4, 0.5) is 5.69 Å². The van der Waals surface area contributed by atoms with E-state index >= 15 is 0 Å². The normalized spacial score (nSPS) is 11.6. The van der Waals surface area contributed by atoms with Crippen LogP contribution in [0.3, 0.4) is 0 Å². The van der Waals surface area contributed by atoms with Gasteiger partial charge in [0.2, 0.25) is 10.0 Å². The lowest BCUT2D eigenvalue weighted by molar-refractivity contribution is 0.0600. The fourth-order valence-corrected chi connectivity index (χ4v) is 5.27. The van der Waals surface area contributed by atoms with Gasteiger partial charge in [0, 0.05) is 36.1 Å². The molecule has 0 saturated carbocycles. The topological polar surface area (TPSA) is 115 Å². The van der Waals surface area contributed by atoms with Crippen molar-refractivity contribution in [3.63, 3.8) is 0 Å². The van der Waals surface area contributed by atoms with Gasteiger partial charge in [0.25, 0.3) is 0 Å². The predicted molar refractivity (Wildman–Crippen MR) is 168 cm³/mol. The molecule has 0 unspecified atom stereocenters. The number of likely N-dealkylation sites (N-methyl/N-ethyl adjacent to an activating group) is 1. The Bertz CT molecular complexity index is 1660. The van der Waals surface area contributed by atoms with Crippen molar-refractivity contribution in [1.82, 2.24) is 4.90 Å².